The number of carbonyl (C=O) groups excluding carboxylic acids is 2. The van der Waals surface area contributed by atoms with Gasteiger partial charge in [0.15, 0.2) is 0 Å². The summed E-state index contributed by atoms with van der Waals surface area (Å²) < 4.78 is 5.36. The van der Waals surface area contributed by atoms with E-state index >= 15 is 0 Å². The Labute approximate surface area is 122 Å². The van der Waals surface area contributed by atoms with Gasteiger partial charge in [0.2, 0.25) is 5.91 Å². The van der Waals surface area contributed by atoms with Crippen LogP contribution in [0.3, 0.4) is 0 Å². The minimum atomic E-state index is -0.544. The van der Waals surface area contributed by atoms with E-state index in [4.69, 9.17) is 4.74 Å². The highest BCUT2D eigenvalue weighted by Crippen LogP contribution is 2.33. The second-order valence-electron chi connectivity index (χ2n) is 5.50. The zero-order chi connectivity index (χ0) is 14.2. The van der Waals surface area contributed by atoms with Crippen molar-refractivity contribution < 1.29 is 14.3 Å². The van der Waals surface area contributed by atoms with Gasteiger partial charge in [-0.15, -0.1) is 11.3 Å². The molecule has 1 aliphatic rings. The van der Waals surface area contributed by atoms with Crippen molar-refractivity contribution in [3.8, 4) is 0 Å². The van der Waals surface area contributed by atoms with E-state index in [-0.39, 0.29) is 17.1 Å². The van der Waals surface area contributed by atoms with Crippen LogP contribution < -0.4 is 4.90 Å². The largest absolute Gasteiger partial charge is 0.456 e. The van der Waals surface area contributed by atoms with Crippen LogP contribution in [0.15, 0.2) is 11.4 Å². The predicted molar refractivity (Wildman–Crippen MR) is 79.2 cm³/mol. The molecule has 0 aromatic carbocycles. The third-order valence-corrected chi connectivity index (χ3v) is 3.89. The number of hydrogen-bond donors (Lipinski definition) is 1. The van der Waals surface area contributed by atoms with E-state index in [9.17, 15) is 9.59 Å². The van der Waals surface area contributed by atoms with Crippen LogP contribution in [-0.4, -0.2) is 29.3 Å². The van der Waals surface area contributed by atoms with Gasteiger partial charge in [-0.3, -0.25) is 4.79 Å². The number of esters is 1. The number of ether oxygens (including phenoxy) is 1. The third-order valence-electron chi connectivity index (χ3n) is 2.61. The SMILES string of the molecule is CC(C)(C)OC(=O)c1ccsc1N1CC(S)CC1=O. The fraction of sp³-hybridized carbons (Fsp3) is 0.538. The smallest absolute Gasteiger partial charge is 0.341 e. The van der Waals surface area contributed by atoms with Crippen LogP contribution in [0.5, 0.6) is 0 Å². The molecule has 1 aromatic rings. The molecule has 6 heteroatoms. The van der Waals surface area contributed by atoms with Gasteiger partial charge in [0.25, 0.3) is 0 Å². The first kappa shape index (κ1) is 14.4. The fourth-order valence-corrected chi connectivity index (χ4v) is 3.12. The van der Waals surface area contributed by atoms with E-state index in [1.165, 1.54) is 11.3 Å². The van der Waals surface area contributed by atoms with Crippen LogP contribution >= 0.6 is 24.0 Å². The highest BCUT2D eigenvalue weighted by molar-refractivity contribution is 7.81. The van der Waals surface area contributed by atoms with Gasteiger partial charge < -0.3 is 9.64 Å². The monoisotopic (exact) mass is 299 g/mol. The number of hydrogen-bond acceptors (Lipinski definition) is 5. The summed E-state index contributed by atoms with van der Waals surface area (Å²) in [5.41, 5.74) is -0.0899. The van der Waals surface area contributed by atoms with Crippen molar-refractivity contribution in [2.45, 2.75) is 38.0 Å². The molecule has 0 saturated carbocycles. The lowest BCUT2D eigenvalue weighted by atomic mass is 10.2. The molecule has 0 aliphatic carbocycles. The van der Waals surface area contributed by atoms with E-state index in [2.05, 4.69) is 12.6 Å². The highest BCUT2D eigenvalue weighted by Gasteiger charge is 2.32. The Kier molecular flexibility index (Phi) is 3.92. The van der Waals surface area contributed by atoms with Gasteiger partial charge in [-0.1, -0.05) is 0 Å². The van der Waals surface area contributed by atoms with Gasteiger partial charge in [-0.2, -0.15) is 12.6 Å². The Morgan fingerprint density at radius 2 is 2.21 bits per heavy atom. The fourth-order valence-electron chi connectivity index (χ4n) is 1.88. The molecule has 1 saturated heterocycles. The van der Waals surface area contributed by atoms with Crippen molar-refractivity contribution in [2.24, 2.45) is 0 Å². The maximum atomic E-state index is 12.1. The van der Waals surface area contributed by atoms with Gasteiger partial charge in [-0.05, 0) is 32.2 Å². The number of thiophene rings is 1. The van der Waals surface area contributed by atoms with E-state index in [0.717, 1.165) is 0 Å². The lowest BCUT2D eigenvalue weighted by Gasteiger charge is -2.21. The molecular weight excluding hydrogens is 282 g/mol. The molecule has 1 aliphatic heterocycles. The summed E-state index contributed by atoms with van der Waals surface area (Å²) in [4.78, 5) is 25.6. The summed E-state index contributed by atoms with van der Waals surface area (Å²) in [6.45, 7) is 6.00. The van der Waals surface area contributed by atoms with Crippen molar-refractivity contribution in [2.75, 3.05) is 11.4 Å². The predicted octanol–water partition coefficient (Wildman–Crippen LogP) is 2.74. The molecule has 0 bridgehead atoms. The lowest BCUT2D eigenvalue weighted by Crippen LogP contribution is -2.28. The van der Waals surface area contributed by atoms with E-state index in [1.807, 2.05) is 20.8 Å². The van der Waals surface area contributed by atoms with Crippen molar-refractivity contribution in [3.05, 3.63) is 17.0 Å². The van der Waals surface area contributed by atoms with Crippen molar-refractivity contribution in [3.63, 3.8) is 0 Å². The maximum Gasteiger partial charge on any atom is 0.341 e. The van der Waals surface area contributed by atoms with Crippen LogP contribution in [0.2, 0.25) is 0 Å². The summed E-state index contributed by atoms with van der Waals surface area (Å²) in [5.74, 6) is -0.383. The highest BCUT2D eigenvalue weighted by atomic mass is 32.1. The van der Waals surface area contributed by atoms with Gasteiger partial charge in [0, 0.05) is 18.2 Å². The van der Waals surface area contributed by atoms with Gasteiger partial charge >= 0.3 is 5.97 Å². The molecule has 19 heavy (non-hydrogen) atoms. The number of nitrogens with zero attached hydrogens (tertiary/aromatic N) is 1. The van der Waals surface area contributed by atoms with E-state index in [1.54, 1.807) is 16.3 Å². The minimum absolute atomic E-state index is 0.00672. The summed E-state index contributed by atoms with van der Waals surface area (Å²) in [7, 11) is 0. The molecule has 1 aromatic heterocycles. The summed E-state index contributed by atoms with van der Waals surface area (Å²) in [6.07, 6.45) is 0.411. The summed E-state index contributed by atoms with van der Waals surface area (Å²) >= 11 is 5.70. The molecule has 1 atom stereocenters. The summed E-state index contributed by atoms with van der Waals surface area (Å²) in [6, 6.07) is 1.70. The molecule has 104 valence electrons. The maximum absolute atomic E-state index is 12.1. The molecular formula is C13H17NO3S2. The molecule has 2 rings (SSSR count). The molecule has 4 nitrogen and oxygen atoms in total. The topological polar surface area (TPSA) is 46.6 Å². The van der Waals surface area contributed by atoms with Crippen LogP contribution in [0.4, 0.5) is 5.00 Å². The van der Waals surface area contributed by atoms with Crippen LogP contribution in [0.1, 0.15) is 37.6 Å². The van der Waals surface area contributed by atoms with Crippen LogP contribution in [-0.2, 0) is 9.53 Å². The average Bonchev–Trinajstić information content (AvgIpc) is 2.81. The average molecular weight is 299 g/mol. The lowest BCUT2D eigenvalue weighted by molar-refractivity contribution is -0.116. The Balaban J connectivity index is 2.23. The first-order chi connectivity index (χ1) is 8.78. The standard InChI is InChI=1S/C13H17NO3S2/c1-13(2,3)17-12(16)9-4-5-19-11(9)14-7-8(18)6-10(14)15/h4-5,8,18H,6-7H2,1-3H3. The Morgan fingerprint density at radius 3 is 2.74 bits per heavy atom. The van der Waals surface area contributed by atoms with Crippen LogP contribution in [0.25, 0.3) is 0 Å². The number of carbonyl (C=O) groups is 2. The van der Waals surface area contributed by atoms with E-state index < -0.39 is 5.60 Å². The number of anilines is 1. The van der Waals surface area contributed by atoms with Crippen molar-refractivity contribution >= 4 is 40.8 Å². The minimum Gasteiger partial charge on any atom is -0.456 e. The van der Waals surface area contributed by atoms with Crippen molar-refractivity contribution in [1.82, 2.24) is 0 Å². The number of thiol groups is 1. The van der Waals surface area contributed by atoms with Gasteiger partial charge in [-0.25, -0.2) is 4.79 Å². The van der Waals surface area contributed by atoms with Gasteiger partial charge in [0.1, 0.15) is 10.6 Å². The second-order valence-corrected chi connectivity index (χ2v) is 7.13. The molecule has 1 fully saturated rings. The quantitative estimate of drug-likeness (QED) is 0.675. The van der Waals surface area contributed by atoms with Crippen molar-refractivity contribution in [1.29, 1.82) is 0 Å². The first-order valence-electron chi connectivity index (χ1n) is 6.07. The zero-order valence-corrected chi connectivity index (χ0v) is 12.9. The molecule has 0 spiro atoms. The Hall–Kier alpha value is -1.01. The number of amides is 1. The molecule has 2 heterocycles. The van der Waals surface area contributed by atoms with Gasteiger partial charge in [0.05, 0.1) is 5.56 Å². The van der Waals surface area contributed by atoms with E-state index in [0.29, 0.717) is 23.5 Å². The Morgan fingerprint density at radius 1 is 1.53 bits per heavy atom. The number of rotatable bonds is 2. The first-order valence-corrected chi connectivity index (χ1v) is 7.47. The molecule has 1 unspecified atom stereocenters. The molecule has 1 amide bonds. The second kappa shape index (κ2) is 5.17. The third kappa shape index (κ3) is 3.30. The Bertz CT molecular complexity index is 504. The molecule has 0 N–H and O–H groups in total. The zero-order valence-electron chi connectivity index (χ0n) is 11.2. The molecule has 0 radical (unpaired) electrons. The normalized spacial score (nSPS) is 19.9. The summed E-state index contributed by atoms with van der Waals surface area (Å²) in [5, 5.41) is 2.49. The van der Waals surface area contributed by atoms with Crippen LogP contribution in [0, 0.1) is 0 Å².